The van der Waals surface area contributed by atoms with Gasteiger partial charge in [0.05, 0.1) is 13.2 Å². The molecule has 1 aliphatic heterocycles. The van der Waals surface area contributed by atoms with Crippen LogP contribution in [0.15, 0.2) is 54.6 Å². The third-order valence-corrected chi connectivity index (χ3v) is 5.23. The van der Waals surface area contributed by atoms with Gasteiger partial charge in [-0.25, -0.2) is 0 Å². The summed E-state index contributed by atoms with van der Waals surface area (Å²) in [5, 5.41) is 0. The summed E-state index contributed by atoms with van der Waals surface area (Å²) in [6.07, 6.45) is 3.74. The van der Waals surface area contributed by atoms with Crippen LogP contribution in [0.4, 0.5) is 0 Å². The first-order valence-electron chi connectivity index (χ1n) is 9.37. The van der Waals surface area contributed by atoms with Crippen molar-refractivity contribution in [2.75, 3.05) is 20.2 Å². The highest BCUT2D eigenvalue weighted by Gasteiger charge is 2.26. The number of rotatable bonds is 6. The monoisotopic (exact) mass is 388 g/mol. The number of nitrogens with two attached hydrogens (primary N) is 1. The molecule has 1 aliphatic rings. The highest BCUT2D eigenvalue weighted by Crippen LogP contribution is 2.23. The molecule has 4 nitrogen and oxygen atoms in total. The Morgan fingerprint density at radius 1 is 1.07 bits per heavy atom. The van der Waals surface area contributed by atoms with E-state index in [9.17, 15) is 4.79 Å². The second-order valence-electron chi connectivity index (χ2n) is 7.12. The summed E-state index contributed by atoms with van der Waals surface area (Å²) in [4.78, 5) is 14.6. The van der Waals surface area contributed by atoms with E-state index in [1.165, 1.54) is 5.56 Å². The molecule has 2 aromatic rings. The fourth-order valence-electron chi connectivity index (χ4n) is 3.64. The van der Waals surface area contributed by atoms with Gasteiger partial charge < -0.3 is 15.4 Å². The highest BCUT2D eigenvalue weighted by molar-refractivity contribution is 5.85. The third kappa shape index (κ3) is 5.98. The summed E-state index contributed by atoms with van der Waals surface area (Å²) >= 11 is 0. The lowest BCUT2D eigenvalue weighted by Crippen LogP contribution is -2.48. The first kappa shape index (κ1) is 21.3. The molecule has 0 spiro atoms. The minimum Gasteiger partial charge on any atom is -0.497 e. The summed E-state index contributed by atoms with van der Waals surface area (Å²) in [7, 11) is 1.68. The topological polar surface area (TPSA) is 55.6 Å². The first-order chi connectivity index (χ1) is 12.7. The molecule has 1 atom stereocenters. The van der Waals surface area contributed by atoms with E-state index in [1.807, 2.05) is 47.4 Å². The number of nitrogens with zero attached hydrogens (tertiary/aromatic N) is 1. The van der Waals surface area contributed by atoms with Crippen molar-refractivity contribution in [2.24, 2.45) is 11.7 Å². The van der Waals surface area contributed by atoms with Crippen LogP contribution in [-0.4, -0.2) is 37.0 Å². The number of carbonyl (C=O) groups is 1. The van der Waals surface area contributed by atoms with Gasteiger partial charge in [0, 0.05) is 13.1 Å². The lowest BCUT2D eigenvalue weighted by atomic mass is 9.90. The molecule has 1 heterocycles. The van der Waals surface area contributed by atoms with E-state index in [4.69, 9.17) is 10.5 Å². The Hall–Kier alpha value is -2.04. The zero-order valence-electron chi connectivity index (χ0n) is 15.8. The van der Waals surface area contributed by atoms with Gasteiger partial charge in [-0.1, -0.05) is 42.5 Å². The van der Waals surface area contributed by atoms with Crippen LogP contribution >= 0.6 is 12.4 Å². The summed E-state index contributed by atoms with van der Waals surface area (Å²) in [6.45, 7) is 1.62. The van der Waals surface area contributed by atoms with E-state index < -0.39 is 6.04 Å². The van der Waals surface area contributed by atoms with Gasteiger partial charge in [-0.05, 0) is 54.9 Å². The molecule has 3 rings (SSSR count). The second kappa shape index (κ2) is 10.3. The predicted octanol–water partition coefficient (Wildman–Crippen LogP) is 3.47. The van der Waals surface area contributed by atoms with Crippen LogP contribution in [0.25, 0.3) is 0 Å². The molecule has 1 amide bonds. The number of piperidine rings is 1. The van der Waals surface area contributed by atoms with Gasteiger partial charge in [0.2, 0.25) is 5.91 Å². The minimum atomic E-state index is -0.449. The standard InChI is InChI=1S/C22H28N2O2.ClH/c1-26-20-9-7-18(8-10-20)15-19-11-13-24(14-12-19)22(25)21(23)16-17-5-3-2-4-6-17;/h2-10,19,21H,11-16,23H2,1H3;1H/t21-;/m0./s1. The quantitative estimate of drug-likeness (QED) is 0.824. The Labute approximate surface area is 168 Å². The fourth-order valence-corrected chi connectivity index (χ4v) is 3.64. The van der Waals surface area contributed by atoms with Gasteiger partial charge in [0.1, 0.15) is 5.75 Å². The smallest absolute Gasteiger partial charge is 0.239 e. The summed E-state index contributed by atoms with van der Waals surface area (Å²) in [5.41, 5.74) is 8.61. The van der Waals surface area contributed by atoms with Crippen molar-refractivity contribution in [1.29, 1.82) is 0 Å². The zero-order chi connectivity index (χ0) is 18.4. The van der Waals surface area contributed by atoms with Crippen LogP contribution < -0.4 is 10.5 Å². The van der Waals surface area contributed by atoms with E-state index in [1.54, 1.807) is 7.11 Å². The minimum absolute atomic E-state index is 0. The van der Waals surface area contributed by atoms with Crippen LogP contribution in [0, 0.1) is 5.92 Å². The van der Waals surface area contributed by atoms with Gasteiger partial charge in [0.15, 0.2) is 0 Å². The normalized spacial score (nSPS) is 15.7. The van der Waals surface area contributed by atoms with Crippen molar-refractivity contribution in [3.63, 3.8) is 0 Å². The molecule has 0 radical (unpaired) electrons. The lowest BCUT2D eigenvalue weighted by Gasteiger charge is -2.33. The van der Waals surface area contributed by atoms with Crippen molar-refractivity contribution in [1.82, 2.24) is 4.90 Å². The molecule has 0 unspecified atom stereocenters. The molecule has 0 bridgehead atoms. The molecule has 0 saturated carbocycles. The number of amides is 1. The number of ether oxygens (including phenoxy) is 1. The van der Waals surface area contributed by atoms with Crippen LogP contribution in [0.2, 0.25) is 0 Å². The maximum atomic E-state index is 12.6. The maximum absolute atomic E-state index is 12.6. The van der Waals surface area contributed by atoms with Crippen molar-refractivity contribution in [2.45, 2.75) is 31.7 Å². The van der Waals surface area contributed by atoms with Crippen LogP contribution in [0.3, 0.4) is 0 Å². The van der Waals surface area contributed by atoms with Crippen molar-refractivity contribution in [3.8, 4) is 5.75 Å². The Bertz CT molecular complexity index is 698. The third-order valence-electron chi connectivity index (χ3n) is 5.23. The molecule has 2 N–H and O–H groups in total. The Kier molecular flexibility index (Phi) is 8.14. The van der Waals surface area contributed by atoms with Crippen molar-refractivity contribution >= 4 is 18.3 Å². The van der Waals surface area contributed by atoms with E-state index in [-0.39, 0.29) is 18.3 Å². The first-order valence-corrected chi connectivity index (χ1v) is 9.37. The molecule has 2 aromatic carbocycles. The number of benzene rings is 2. The molecule has 1 saturated heterocycles. The van der Waals surface area contributed by atoms with E-state index in [2.05, 4.69) is 12.1 Å². The maximum Gasteiger partial charge on any atom is 0.239 e. The molecular weight excluding hydrogens is 360 g/mol. The van der Waals surface area contributed by atoms with E-state index >= 15 is 0 Å². The predicted molar refractivity (Wildman–Crippen MR) is 111 cm³/mol. The number of halogens is 1. The van der Waals surface area contributed by atoms with Gasteiger partial charge in [0.25, 0.3) is 0 Å². The summed E-state index contributed by atoms with van der Waals surface area (Å²) in [6, 6.07) is 17.8. The number of carbonyl (C=O) groups excluding carboxylic acids is 1. The average Bonchev–Trinajstić information content (AvgIpc) is 2.69. The van der Waals surface area contributed by atoms with Gasteiger partial charge >= 0.3 is 0 Å². The fraction of sp³-hybridized carbons (Fsp3) is 0.409. The number of likely N-dealkylation sites (tertiary alicyclic amines) is 1. The number of methoxy groups -OCH3 is 1. The summed E-state index contributed by atoms with van der Waals surface area (Å²) in [5.74, 6) is 1.59. The van der Waals surface area contributed by atoms with E-state index in [0.29, 0.717) is 12.3 Å². The van der Waals surface area contributed by atoms with Crippen molar-refractivity contribution < 1.29 is 9.53 Å². The molecule has 1 fully saturated rings. The van der Waals surface area contributed by atoms with Gasteiger partial charge in [-0.2, -0.15) is 0 Å². The molecule has 0 aromatic heterocycles. The molecule has 5 heteroatoms. The zero-order valence-corrected chi connectivity index (χ0v) is 16.7. The van der Waals surface area contributed by atoms with E-state index in [0.717, 1.165) is 43.7 Å². The van der Waals surface area contributed by atoms with Gasteiger partial charge in [-0.3, -0.25) is 4.79 Å². The molecule has 0 aliphatic carbocycles. The van der Waals surface area contributed by atoms with Crippen LogP contribution in [0.1, 0.15) is 24.0 Å². The van der Waals surface area contributed by atoms with Crippen LogP contribution in [0.5, 0.6) is 5.75 Å². The Morgan fingerprint density at radius 3 is 2.30 bits per heavy atom. The Balaban J connectivity index is 0.00000261. The van der Waals surface area contributed by atoms with Crippen molar-refractivity contribution in [3.05, 3.63) is 65.7 Å². The molecule has 146 valence electrons. The van der Waals surface area contributed by atoms with Gasteiger partial charge in [-0.15, -0.1) is 12.4 Å². The lowest BCUT2D eigenvalue weighted by molar-refractivity contribution is -0.133. The SMILES string of the molecule is COc1ccc(CC2CCN(C(=O)[C@@H](N)Cc3ccccc3)CC2)cc1.Cl. The largest absolute Gasteiger partial charge is 0.497 e. The highest BCUT2D eigenvalue weighted by atomic mass is 35.5. The van der Waals surface area contributed by atoms with Crippen LogP contribution in [-0.2, 0) is 17.6 Å². The Morgan fingerprint density at radius 2 is 1.70 bits per heavy atom. The second-order valence-corrected chi connectivity index (χ2v) is 7.12. The summed E-state index contributed by atoms with van der Waals surface area (Å²) < 4.78 is 5.21. The molecular formula is C22H29ClN2O2. The average molecular weight is 389 g/mol. The number of hydrogen-bond donors (Lipinski definition) is 1. The molecule has 27 heavy (non-hydrogen) atoms. The number of hydrogen-bond acceptors (Lipinski definition) is 3.